The summed E-state index contributed by atoms with van der Waals surface area (Å²) in [7, 11) is 0. The van der Waals surface area contributed by atoms with Crippen LogP contribution in [0.2, 0.25) is 0 Å². The molecule has 2 atom stereocenters. The van der Waals surface area contributed by atoms with Gasteiger partial charge in [0.25, 0.3) is 11.5 Å². The average Bonchev–Trinajstić information content (AvgIpc) is 3.33. The van der Waals surface area contributed by atoms with Gasteiger partial charge in [-0.15, -0.1) is 6.58 Å². The van der Waals surface area contributed by atoms with Gasteiger partial charge >= 0.3 is 6.03 Å². The maximum atomic E-state index is 13.4. The molecule has 1 aromatic carbocycles. The number of para-hydroxylation sites is 1. The summed E-state index contributed by atoms with van der Waals surface area (Å²) in [4.78, 5) is 49.4. The molecule has 10 heteroatoms. The molecule has 3 aliphatic heterocycles. The molecule has 1 N–H and O–H groups in total. The quantitative estimate of drug-likeness (QED) is 0.693. The van der Waals surface area contributed by atoms with Crippen molar-refractivity contribution in [3.63, 3.8) is 0 Å². The number of hydrogen-bond donors (Lipinski definition) is 1. The highest BCUT2D eigenvalue weighted by Gasteiger charge is 2.47. The molecule has 1 fully saturated rings. The number of nitrogens with one attached hydrogen (secondary N) is 1. The zero-order valence-corrected chi connectivity index (χ0v) is 18.1. The van der Waals surface area contributed by atoms with E-state index in [-0.39, 0.29) is 17.5 Å². The average molecular weight is 439 g/mol. The highest BCUT2D eigenvalue weighted by Crippen LogP contribution is 2.34. The summed E-state index contributed by atoms with van der Waals surface area (Å²) < 4.78 is 1.71. The van der Waals surface area contributed by atoms with Gasteiger partial charge in [-0.05, 0) is 19.9 Å². The Morgan fingerprint density at radius 1 is 1.16 bits per heavy atom. The number of carbonyl (C=O) groups excluding carboxylic acids is 2. The number of urea groups is 1. The van der Waals surface area contributed by atoms with Gasteiger partial charge < -0.3 is 4.90 Å². The number of likely N-dealkylation sites (N-methyl/N-ethyl adjacent to an activating group) is 2. The number of anilines is 1. The van der Waals surface area contributed by atoms with Crippen LogP contribution in [0, 0.1) is 0 Å². The smallest absolute Gasteiger partial charge is 0.304 e. The summed E-state index contributed by atoms with van der Waals surface area (Å²) in [6.07, 6.45) is 0.814. The lowest BCUT2D eigenvalue weighted by atomic mass is 10.1. The van der Waals surface area contributed by atoms with Gasteiger partial charge in [-0.2, -0.15) is 4.68 Å². The largest absolute Gasteiger partial charge is 0.323 e. The van der Waals surface area contributed by atoms with E-state index in [1.165, 1.54) is 16.0 Å². The molecular formula is C21H22N6O3S. The zero-order chi connectivity index (χ0) is 21.9. The van der Waals surface area contributed by atoms with Crippen molar-refractivity contribution in [1.29, 1.82) is 0 Å². The third kappa shape index (κ3) is 2.61. The molecule has 0 spiro atoms. The number of aromatic nitrogens is 1. The first-order valence-corrected chi connectivity index (χ1v) is 11.0. The van der Waals surface area contributed by atoms with Crippen molar-refractivity contribution in [1.82, 2.24) is 14.5 Å². The predicted octanol–water partition coefficient (Wildman–Crippen LogP) is 0.248. The lowest BCUT2D eigenvalue weighted by molar-refractivity contribution is -0.112. The monoisotopic (exact) mass is 438 g/mol. The fourth-order valence-electron chi connectivity index (χ4n) is 4.44. The van der Waals surface area contributed by atoms with E-state index in [4.69, 9.17) is 4.99 Å². The summed E-state index contributed by atoms with van der Waals surface area (Å²) in [6.45, 7) is 8.92. The van der Waals surface area contributed by atoms with E-state index in [2.05, 4.69) is 12.0 Å². The Morgan fingerprint density at radius 2 is 1.90 bits per heavy atom. The van der Waals surface area contributed by atoms with Crippen LogP contribution in [0.5, 0.6) is 0 Å². The molecule has 3 amide bonds. The molecule has 0 radical (unpaired) electrons. The molecule has 0 saturated carbocycles. The maximum Gasteiger partial charge on any atom is 0.323 e. The van der Waals surface area contributed by atoms with Crippen LogP contribution in [0.3, 0.4) is 0 Å². The third-order valence-corrected chi connectivity index (χ3v) is 6.91. The molecule has 1 saturated heterocycles. The molecule has 31 heavy (non-hydrogen) atoms. The van der Waals surface area contributed by atoms with Crippen LogP contribution in [0.4, 0.5) is 10.5 Å². The summed E-state index contributed by atoms with van der Waals surface area (Å²) in [5, 5.41) is 0. The van der Waals surface area contributed by atoms with Gasteiger partial charge in [-0.3, -0.25) is 24.8 Å². The van der Waals surface area contributed by atoms with Gasteiger partial charge in [-0.1, -0.05) is 35.6 Å². The minimum absolute atomic E-state index is 0.103. The molecule has 4 heterocycles. The number of benzene rings is 1. The Morgan fingerprint density at radius 3 is 2.61 bits per heavy atom. The fourth-order valence-corrected chi connectivity index (χ4v) is 5.49. The van der Waals surface area contributed by atoms with Crippen LogP contribution in [-0.4, -0.2) is 58.4 Å². The Labute approximate surface area is 182 Å². The van der Waals surface area contributed by atoms with Gasteiger partial charge in [0, 0.05) is 25.2 Å². The van der Waals surface area contributed by atoms with E-state index in [1.54, 1.807) is 20.8 Å². The minimum atomic E-state index is -0.432. The Hall–Kier alpha value is -3.40. The summed E-state index contributed by atoms with van der Waals surface area (Å²) in [6, 6.07) is 7.33. The maximum absolute atomic E-state index is 13.4. The van der Waals surface area contributed by atoms with Crippen molar-refractivity contribution in [2.24, 2.45) is 4.99 Å². The van der Waals surface area contributed by atoms with Crippen LogP contribution >= 0.6 is 11.3 Å². The number of amides is 3. The molecule has 0 aliphatic carbocycles. The third-order valence-electron chi connectivity index (χ3n) is 5.86. The van der Waals surface area contributed by atoms with Crippen molar-refractivity contribution < 1.29 is 9.59 Å². The molecule has 9 nitrogen and oxygen atoms in total. The van der Waals surface area contributed by atoms with Gasteiger partial charge in [0.15, 0.2) is 12.3 Å². The molecule has 0 bridgehead atoms. The highest BCUT2D eigenvalue weighted by atomic mass is 32.1. The number of fused-ring (bicyclic) bond motifs is 3. The molecule has 3 aliphatic rings. The van der Waals surface area contributed by atoms with Crippen molar-refractivity contribution in [2.75, 3.05) is 30.0 Å². The molecule has 160 valence electrons. The number of hydrogen-bond acceptors (Lipinski definition) is 6. The van der Waals surface area contributed by atoms with E-state index in [0.29, 0.717) is 34.5 Å². The SMILES string of the molecule is C=CCN1C(=O)/C(=c2\sc3n(c2=O)NC2C(N=3)N(CC)C(=O)N2CC)c2ccccc21. The topological polar surface area (TPSA) is 90.2 Å². The lowest BCUT2D eigenvalue weighted by Crippen LogP contribution is -2.55. The van der Waals surface area contributed by atoms with Gasteiger partial charge in [-0.25, -0.2) is 9.79 Å². The van der Waals surface area contributed by atoms with Crippen LogP contribution in [0.25, 0.3) is 5.57 Å². The molecule has 2 unspecified atom stereocenters. The van der Waals surface area contributed by atoms with Crippen molar-refractivity contribution in [3.05, 3.63) is 62.2 Å². The number of thiazole rings is 1. The molecular weight excluding hydrogens is 416 g/mol. The van der Waals surface area contributed by atoms with E-state index < -0.39 is 12.3 Å². The standard InChI is InChI=1S/C21H22N6O3S/c1-4-11-26-13-10-8-7-9-12(13)14(18(26)28)15-19(29)27-20(31-15)22-16-17(23-27)25(6-3)21(30)24(16)5-2/h4,7-10,16-17,23H,1,5-6,11H2,2-3H3/b15-14-. The van der Waals surface area contributed by atoms with Gasteiger partial charge in [0.1, 0.15) is 4.53 Å². The second-order valence-corrected chi connectivity index (χ2v) is 8.40. The van der Waals surface area contributed by atoms with Gasteiger partial charge in [0.2, 0.25) is 4.80 Å². The second kappa shape index (κ2) is 7.09. The van der Waals surface area contributed by atoms with Crippen LogP contribution in [0.1, 0.15) is 19.4 Å². The van der Waals surface area contributed by atoms with E-state index in [9.17, 15) is 14.4 Å². The normalized spacial score (nSPS) is 23.4. The first kappa shape index (κ1) is 19.6. The van der Waals surface area contributed by atoms with Crippen LogP contribution in [-0.2, 0) is 4.79 Å². The highest BCUT2D eigenvalue weighted by molar-refractivity contribution is 7.07. The summed E-state index contributed by atoms with van der Waals surface area (Å²) >= 11 is 1.17. The second-order valence-electron chi connectivity index (χ2n) is 7.42. The van der Waals surface area contributed by atoms with E-state index in [0.717, 1.165) is 11.3 Å². The molecule has 2 aromatic rings. The number of rotatable bonds is 4. The summed E-state index contributed by atoms with van der Waals surface area (Å²) in [5.41, 5.74) is 4.71. The van der Waals surface area contributed by atoms with Crippen molar-refractivity contribution >= 4 is 34.5 Å². The minimum Gasteiger partial charge on any atom is -0.304 e. The van der Waals surface area contributed by atoms with E-state index >= 15 is 0 Å². The van der Waals surface area contributed by atoms with Crippen LogP contribution in [0.15, 0.2) is 46.7 Å². The van der Waals surface area contributed by atoms with Crippen molar-refractivity contribution in [3.8, 4) is 0 Å². The van der Waals surface area contributed by atoms with Crippen LogP contribution < -0.4 is 25.2 Å². The number of nitrogens with zero attached hydrogens (tertiary/aromatic N) is 5. The molecule has 5 rings (SSSR count). The Kier molecular flexibility index (Phi) is 4.47. The summed E-state index contributed by atoms with van der Waals surface area (Å²) in [5.74, 6) is -0.224. The zero-order valence-electron chi connectivity index (χ0n) is 17.2. The Bertz CT molecular complexity index is 1290. The van der Waals surface area contributed by atoms with Crippen molar-refractivity contribution in [2.45, 2.75) is 26.2 Å². The molecule has 1 aromatic heterocycles. The Balaban J connectivity index is 1.72. The fraction of sp³-hybridized carbons (Fsp3) is 0.333. The number of carbonyl (C=O) groups is 2. The lowest BCUT2D eigenvalue weighted by Gasteiger charge is -2.28. The predicted molar refractivity (Wildman–Crippen MR) is 118 cm³/mol. The first-order valence-electron chi connectivity index (χ1n) is 10.2. The first-order chi connectivity index (χ1) is 15.0. The van der Waals surface area contributed by atoms with Gasteiger partial charge in [0.05, 0.1) is 11.3 Å². The van der Waals surface area contributed by atoms with E-state index in [1.807, 2.05) is 38.1 Å².